The number of halogens is 1. The normalized spacial score (nSPS) is 12.9. The maximum Gasteiger partial charge on any atom is 0.321 e. The van der Waals surface area contributed by atoms with E-state index in [1.165, 1.54) is 18.3 Å². The van der Waals surface area contributed by atoms with Gasteiger partial charge in [0.05, 0.1) is 16.9 Å². The van der Waals surface area contributed by atoms with Gasteiger partial charge in [0.15, 0.2) is 0 Å². The third-order valence-electron chi connectivity index (χ3n) is 5.37. The lowest BCUT2D eigenvalue weighted by molar-refractivity contribution is 0.100. The molecule has 0 atom stereocenters. The van der Waals surface area contributed by atoms with E-state index < -0.39 is 11.7 Å². The number of benzene rings is 2. The molecule has 4 rings (SSSR count). The second-order valence-electron chi connectivity index (χ2n) is 7.76. The molecule has 170 valence electrons. The summed E-state index contributed by atoms with van der Waals surface area (Å²) in [4.78, 5) is 30.1. The van der Waals surface area contributed by atoms with Crippen LogP contribution < -0.4 is 21.7 Å². The molecule has 3 aromatic rings. The quantitative estimate of drug-likeness (QED) is 0.430. The van der Waals surface area contributed by atoms with E-state index in [1.54, 1.807) is 17.0 Å². The summed E-state index contributed by atoms with van der Waals surface area (Å²) in [5.74, 6) is -0.701. The fourth-order valence-electron chi connectivity index (χ4n) is 3.62. The molecule has 8 nitrogen and oxygen atoms in total. The van der Waals surface area contributed by atoms with Crippen molar-refractivity contribution in [2.45, 2.75) is 19.4 Å². The van der Waals surface area contributed by atoms with E-state index in [9.17, 15) is 14.0 Å². The van der Waals surface area contributed by atoms with Gasteiger partial charge in [-0.1, -0.05) is 30.3 Å². The summed E-state index contributed by atoms with van der Waals surface area (Å²) in [7, 11) is 0. The van der Waals surface area contributed by atoms with Crippen LogP contribution in [0.4, 0.5) is 32.1 Å². The lowest BCUT2D eigenvalue weighted by Gasteiger charge is -2.17. The lowest BCUT2D eigenvalue weighted by atomic mass is 10.2. The van der Waals surface area contributed by atoms with E-state index >= 15 is 0 Å². The molecule has 0 aliphatic carbocycles. The largest absolute Gasteiger partial charge is 0.380 e. The van der Waals surface area contributed by atoms with Crippen molar-refractivity contribution in [3.63, 3.8) is 0 Å². The van der Waals surface area contributed by atoms with Crippen molar-refractivity contribution in [1.29, 1.82) is 0 Å². The highest BCUT2D eigenvalue weighted by molar-refractivity contribution is 5.98. The number of pyridine rings is 1. The first-order chi connectivity index (χ1) is 16.0. The molecule has 2 heterocycles. The van der Waals surface area contributed by atoms with Crippen LogP contribution in [0.25, 0.3) is 0 Å². The van der Waals surface area contributed by atoms with Gasteiger partial charge in [0, 0.05) is 37.6 Å². The Balaban J connectivity index is 1.50. The number of primary amides is 1. The Morgan fingerprint density at radius 2 is 1.79 bits per heavy atom. The van der Waals surface area contributed by atoms with E-state index in [0.29, 0.717) is 36.8 Å². The first kappa shape index (κ1) is 22.1. The van der Waals surface area contributed by atoms with Crippen LogP contribution in [-0.4, -0.2) is 34.9 Å². The zero-order valence-corrected chi connectivity index (χ0v) is 18.0. The highest BCUT2D eigenvalue weighted by Crippen LogP contribution is 2.26. The van der Waals surface area contributed by atoms with E-state index in [0.717, 1.165) is 18.4 Å². The molecule has 0 bridgehead atoms. The number of hydrogen-bond donors (Lipinski definition) is 4. The van der Waals surface area contributed by atoms with Gasteiger partial charge in [-0.05, 0) is 36.6 Å². The zero-order valence-electron chi connectivity index (χ0n) is 18.0. The Morgan fingerprint density at radius 3 is 2.52 bits per heavy atom. The zero-order chi connectivity index (χ0) is 23.2. The number of rotatable bonds is 7. The van der Waals surface area contributed by atoms with Gasteiger partial charge in [-0.3, -0.25) is 4.79 Å². The number of anilines is 4. The molecule has 3 amide bonds. The van der Waals surface area contributed by atoms with Gasteiger partial charge in [-0.25, -0.2) is 14.2 Å². The van der Waals surface area contributed by atoms with E-state index in [2.05, 4.69) is 20.9 Å². The number of carbonyl (C=O) groups excluding carboxylic acids is 2. The van der Waals surface area contributed by atoms with Crippen LogP contribution in [0.3, 0.4) is 0 Å². The average molecular weight is 449 g/mol. The van der Waals surface area contributed by atoms with Crippen molar-refractivity contribution in [2.75, 3.05) is 29.0 Å². The summed E-state index contributed by atoms with van der Waals surface area (Å²) >= 11 is 0. The third-order valence-corrected chi connectivity index (χ3v) is 5.37. The van der Waals surface area contributed by atoms with Crippen molar-refractivity contribution in [3.05, 3.63) is 77.7 Å². The molecular weight excluding hydrogens is 423 g/mol. The number of amides is 3. The average Bonchev–Trinajstić information content (AvgIpc) is 3.36. The minimum absolute atomic E-state index is 0.0769. The first-order valence-corrected chi connectivity index (χ1v) is 10.7. The minimum atomic E-state index is -0.599. The molecule has 1 saturated heterocycles. The lowest BCUT2D eigenvalue weighted by Crippen LogP contribution is -2.32. The summed E-state index contributed by atoms with van der Waals surface area (Å²) in [5.41, 5.74) is 7.92. The van der Waals surface area contributed by atoms with E-state index in [-0.39, 0.29) is 17.3 Å². The van der Waals surface area contributed by atoms with Crippen molar-refractivity contribution in [2.24, 2.45) is 5.73 Å². The third kappa shape index (κ3) is 5.57. The molecule has 5 N–H and O–H groups in total. The van der Waals surface area contributed by atoms with Crippen LogP contribution >= 0.6 is 0 Å². The molecule has 1 aromatic heterocycles. The summed E-state index contributed by atoms with van der Waals surface area (Å²) in [6.07, 6.45) is 3.29. The van der Waals surface area contributed by atoms with E-state index in [4.69, 9.17) is 5.73 Å². The van der Waals surface area contributed by atoms with E-state index in [1.807, 2.05) is 30.3 Å². The van der Waals surface area contributed by atoms with Crippen LogP contribution in [-0.2, 0) is 6.54 Å². The van der Waals surface area contributed by atoms with Crippen molar-refractivity contribution in [1.82, 2.24) is 9.88 Å². The number of nitrogens with two attached hydrogens (primary N) is 1. The predicted molar refractivity (Wildman–Crippen MR) is 126 cm³/mol. The molecule has 1 aliphatic rings. The van der Waals surface area contributed by atoms with Gasteiger partial charge < -0.3 is 26.6 Å². The number of aromatic nitrogens is 1. The number of nitrogens with one attached hydrogen (secondary N) is 3. The minimum Gasteiger partial charge on any atom is -0.380 e. The Bertz CT molecular complexity index is 1150. The number of likely N-dealkylation sites (tertiary alicyclic amines) is 1. The molecule has 0 spiro atoms. The number of urea groups is 1. The van der Waals surface area contributed by atoms with Crippen LogP contribution in [0.2, 0.25) is 0 Å². The molecular formula is C24H25FN6O2. The first-order valence-electron chi connectivity index (χ1n) is 10.7. The standard InChI is InChI=1S/C24H25FN6O2/c25-19-9-8-17(12-21(19)30-24(33)31-10-4-5-11-31)29-22-13-20(18(15-28-22)23(26)32)27-14-16-6-2-1-3-7-16/h1-3,6-9,12-13,15H,4-5,10-11,14H2,(H2,26,32)(H,30,33)(H2,27,28,29). The smallest absolute Gasteiger partial charge is 0.321 e. The molecule has 33 heavy (non-hydrogen) atoms. The van der Waals surface area contributed by atoms with Gasteiger partial charge in [0.1, 0.15) is 11.6 Å². The SMILES string of the molecule is NC(=O)c1cnc(Nc2ccc(F)c(NC(=O)N3CCCC3)c2)cc1NCc1ccccc1. The summed E-state index contributed by atoms with van der Waals surface area (Å²) in [6, 6.07) is 15.4. The fraction of sp³-hybridized carbons (Fsp3) is 0.208. The topological polar surface area (TPSA) is 112 Å². The fourth-order valence-corrected chi connectivity index (χ4v) is 3.62. The molecule has 9 heteroatoms. The van der Waals surface area contributed by atoms with Crippen LogP contribution in [0.1, 0.15) is 28.8 Å². The molecule has 0 unspecified atom stereocenters. The molecule has 1 fully saturated rings. The Labute approximate surface area is 191 Å². The molecule has 1 aliphatic heterocycles. The number of carbonyl (C=O) groups is 2. The monoisotopic (exact) mass is 448 g/mol. The second-order valence-corrected chi connectivity index (χ2v) is 7.76. The summed E-state index contributed by atoms with van der Waals surface area (Å²) in [6.45, 7) is 1.83. The van der Waals surface area contributed by atoms with Gasteiger partial charge in [-0.15, -0.1) is 0 Å². The Kier molecular flexibility index (Phi) is 6.68. The second kappa shape index (κ2) is 9.99. The highest BCUT2D eigenvalue weighted by atomic mass is 19.1. The highest BCUT2D eigenvalue weighted by Gasteiger charge is 2.19. The van der Waals surface area contributed by atoms with Crippen LogP contribution in [0, 0.1) is 5.82 Å². The number of nitrogens with zero attached hydrogens (tertiary/aromatic N) is 2. The van der Waals surface area contributed by atoms with Gasteiger partial charge in [0.2, 0.25) is 0 Å². The van der Waals surface area contributed by atoms with Crippen molar-refractivity contribution >= 4 is 34.8 Å². The Hall–Kier alpha value is -4.14. The summed E-state index contributed by atoms with van der Waals surface area (Å²) < 4.78 is 14.3. The van der Waals surface area contributed by atoms with Crippen LogP contribution in [0.15, 0.2) is 60.8 Å². The predicted octanol–water partition coefficient (Wildman–Crippen LogP) is 4.30. The van der Waals surface area contributed by atoms with Crippen molar-refractivity contribution < 1.29 is 14.0 Å². The Morgan fingerprint density at radius 1 is 1.03 bits per heavy atom. The van der Waals surface area contributed by atoms with Crippen LogP contribution in [0.5, 0.6) is 0 Å². The van der Waals surface area contributed by atoms with Gasteiger partial charge in [-0.2, -0.15) is 0 Å². The molecule has 0 saturated carbocycles. The van der Waals surface area contributed by atoms with Crippen molar-refractivity contribution in [3.8, 4) is 0 Å². The maximum atomic E-state index is 14.3. The van der Waals surface area contributed by atoms with Gasteiger partial charge >= 0.3 is 6.03 Å². The number of hydrogen-bond acceptors (Lipinski definition) is 5. The summed E-state index contributed by atoms with van der Waals surface area (Å²) in [5, 5.41) is 8.93. The molecule has 2 aromatic carbocycles. The molecule has 0 radical (unpaired) electrons. The van der Waals surface area contributed by atoms with Gasteiger partial charge in [0.25, 0.3) is 5.91 Å². The maximum absolute atomic E-state index is 14.3.